The van der Waals surface area contributed by atoms with Crippen LogP contribution in [0.4, 0.5) is 22.5 Å². The Labute approximate surface area is 186 Å². The lowest BCUT2D eigenvalue weighted by Crippen LogP contribution is -2.36. The number of H-pyrrole nitrogens is 1. The number of hydrogen-bond acceptors (Lipinski definition) is 9. The zero-order valence-electron chi connectivity index (χ0n) is 16.8. The van der Waals surface area contributed by atoms with Gasteiger partial charge in [-0.25, -0.2) is 19.1 Å². The van der Waals surface area contributed by atoms with Crippen LogP contribution in [-0.2, 0) is 34.5 Å². The number of aromatic amines is 1. The van der Waals surface area contributed by atoms with Gasteiger partial charge in [0.15, 0.2) is 0 Å². The molecule has 0 spiro atoms. The number of rotatable bonds is 7. The van der Waals surface area contributed by atoms with Crippen LogP contribution in [0.1, 0.15) is 24.6 Å². The predicted octanol–water partition coefficient (Wildman–Crippen LogP) is 0.593. The molecule has 188 valence electrons. The van der Waals surface area contributed by atoms with Gasteiger partial charge in [-0.3, -0.25) is 28.6 Å². The Morgan fingerprint density at radius 3 is 2.68 bits per heavy atom. The second-order valence-corrected chi connectivity index (χ2v) is 7.88. The fourth-order valence-corrected chi connectivity index (χ4v) is 3.26. The highest BCUT2D eigenvalue weighted by Gasteiger charge is 2.38. The summed E-state index contributed by atoms with van der Waals surface area (Å²) in [6.07, 6.45) is -7.69. The topological polar surface area (TPSA) is 175 Å². The second-order valence-electron chi connectivity index (χ2n) is 6.50. The van der Waals surface area contributed by atoms with E-state index in [0.29, 0.717) is 0 Å². The van der Waals surface area contributed by atoms with Crippen molar-refractivity contribution in [3.8, 4) is 11.8 Å². The molecule has 1 aliphatic rings. The van der Waals surface area contributed by atoms with Gasteiger partial charge in [-0.1, -0.05) is 11.8 Å². The minimum absolute atomic E-state index is 0.0319. The minimum Gasteiger partial charge on any atom is -0.352 e. The molecule has 1 fully saturated rings. The molecule has 3 N–H and O–H groups in total. The molecule has 1 amide bonds. The molecule has 2 heterocycles. The number of nitrogens with zero attached hydrogens (tertiary/aromatic N) is 1. The zero-order chi connectivity index (χ0) is 25.5. The van der Waals surface area contributed by atoms with E-state index in [1.807, 2.05) is 4.98 Å². The number of phosphoric acid groups is 1. The first-order chi connectivity index (χ1) is 15.8. The quantitative estimate of drug-likeness (QED) is 0.264. The van der Waals surface area contributed by atoms with Crippen molar-refractivity contribution < 1.29 is 55.5 Å². The third-order valence-electron chi connectivity index (χ3n) is 4.11. The van der Waals surface area contributed by atoms with Crippen molar-refractivity contribution in [2.24, 2.45) is 0 Å². The molecule has 3 atom stereocenters. The number of aromatic nitrogens is 2. The highest BCUT2D eigenvalue weighted by molar-refractivity contribution is 7.48. The summed E-state index contributed by atoms with van der Waals surface area (Å²) >= 11 is 0. The third kappa shape index (κ3) is 7.99. The van der Waals surface area contributed by atoms with E-state index in [1.165, 1.54) is 5.32 Å². The number of amides is 1. The largest absolute Gasteiger partial charge is 0.553 e. The molecule has 0 saturated carbocycles. The number of nitrogens with one attached hydrogen (secondary N) is 2. The smallest absolute Gasteiger partial charge is 0.352 e. The van der Waals surface area contributed by atoms with Crippen LogP contribution in [0.3, 0.4) is 0 Å². The molecule has 18 heteroatoms. The summed E-state index contributed by atoms with van der Waals surface area (Å²) in [5.41, 5.74) is -1.69. The zero-order valence-corrected chi connectivity index (χ0v) is 17.7. The lowest BCUT2D eigenvalue weighted by molar-refractivity contribution is -0.173. The standard InChI is InChI=1S/C16H16F4N3O10P/c17-16(18,19)13(25)21-6-2-1-3-9-7-23(14(26)22-12(9)24)11-5-4-10(31-11)8-30-34(28,29)33-15(27)32-20/h7,10-11H,3-6,8H2,(H,21,25)(H,28,29)(H,22,24,26). The molecule has 2 rings (SSSR count). The van der Waals surface area contributed by atoms with Crippen LogP contribution in [0.15, 0.2) is 15.8 Å². The van der Waals surface area contributed by atoms with Crippen molar-refractivity contribution in [2.75, 3.05) is 13.2 Å². The van der Waals surface area contributed by atoms with E-state index in [2.05, 4.69) is 25.8 Å². The molecule has 3 unspecified atom stereocenters. The Balaban J connectivity index is 1.98. The molecule has 13 nitrogen and oxygen atoms in total. The SMILES string of the molecule is O=C(OF)OP(=O)(O)OCC1CCC(n2cc(CC#CCNC(=O)C(F)(F)F)c(=O)[nH]c2=O)O1. The maximum Gasteiger partial charge on any atom is 0.553 e. The minimum atomic E-state index is -5.06. The molecule has 34 heavy (non-hydrogen) atoms. The lowest BCUT2D eigenvalue weighted by atomic mass is 10.2. The van der Waals surface area contributed by atoms with E-state index in [0.717, 1.165) is 10.8 Å². The number of alkyl halides is 3. The molecule has 1 aromatic rings. The average Bonchev–Trinajstić information content (AvgIpc) is 3.21. The van der Waals surface area contributed by atoms with Gasteiger partial charge in [0, 0.05) is 22.7 Å². The summed E-state index contributed by atoms with van der Waals surface area (Å²) in [5.74, 6) is 2.45. The molecule has 0 bridgehead atoms. The first-order valence-electron chi connectivity index (χ1n) is 9.12. The van der Waals surface area contributed by atoms with Crippen molar-refractivity contribution in [1.29, 1.82) is 0 Å². The van der Waals surface area contributed by atoms with Gasteiger partial charge < -0.3 is 14.6 Å². The highest BCUT2D eigenvalue weighted by Crippen LogP contribution is 2.44. The van der Waals surface area contributed by atoms with Crippen molar-refractivity contribution in [3.05, 3.63) is 32.6 Å². The van der Waals surface area contributed by atoms with Crippen LogP contribution in [-0.4, -0.2) is 51.9 Å². The van der Waals surface area contributed by atoms with E-state index in [1.54, 1.807) is 0 Å². The molecule has 1 aromatic heterocycles. The van der Waals surface area contributed by atoms with Crippen LogP contribution >= 0.6 is 7.82 Å². The van der Waals surface area contributed by atoms with Gasteiger partial charge in [0.2, 0.25) is 0 Å². The Hall–Kier alpha value is -3.19. The first kappa shape index (κ1) is 27.1. The average molecular weight is 517 g/mol. The first-order valence-corrected chi connectivity index (χ1v) is 10.6. The van der Waals surface area contributed by atoms with Gasteiger partial charge in [-0.15, -0.1) is 0 Å². The van der Waals surface area contributed by atoms with Crippen molar-refractivity contribution >= 4 is 19.9 Å². The van der Waals surface area contributed by atoms with Gasteiger partial charge >= 0.3 is 31.8 Å². The number of hydrogen-bond donors (Lipinski definition) is 3. The fourth-order valence-electron chi connectivity index (χ4n) is 2.64. The van der Waals surface area contributed by atoms with Gasteiger partial charge in [0.1, 0.15) is 6.23 Å². The summed E-state index contributed by atoms with van der Waals surface area (Å²) in [5, 5.41) is 1.53. The van der Waals surface area contributed by atoms with Gasteiger partial charge in [0.25, 0.3) is 5.56 Å². The van der Waals surface area contributed by atoms with E-state index in [4.69, 9.17) is 4.74 Å². The normalized spacial score (nSPS) is 19.4. The van der Waals surface area contributed by atoms with Crippen molar-refractivity contribution in [2.45, 2.75) is 37.8 Å². The summed E-state index contributed by atoms with van der Waals surface area (Å²) < 4.78 is 74.0. The summed E-state index contributed by atoms with van der Waals surface area (Å²) in [6.45, 7) is -1.20. The molecule has 1 aliphatic heterocycles. The predicted molar refractivity (Wildman–Crippen MR) is 99.5 cm³/mol. The number of phosphoric ester groups is 1. The van der Waals surface area contributed by atoms with E-state index in [-0.39, 0.29) is 24.8 Å². The van der Waals surface area contributed by atoms with Gasteiger partial charge in [-0.2, -0.15) is 13.2 Å². The third-order valence-corrected chi connectivity index (χ3v) is 4.97. The number of halogens is 4. The van der Waals surface area contributed by atoms with Crippen molar-refractivity contribution in [3.63, 3.8) is 0 Å². The maximum absolute atomic E-state index is 12.1. The molecule has 0 radical (unpaired) electrons. The maximum atomic E-state index is 12.1. The molecular formula is C16H16F4N3O10P. The molecular weight excluding hydrogens is 501 g/mol. The number of carbonyl (C=O) groups is 2. The summed E-state index contributed by atoms with van der Waals surface area (Å²) in [6, 6.07) is 0. The van der Waals surface area contributed by atoms with E-state index < -0.39 is 62.8 Å². The van der Waals surface area contributed by atoms with Crippen molar-refractivity contribution in [1.82, 2.24) is 14.9 Å². The van der Waals surface area contributed by atoms with E-state index >= 15 is 0 Å². The van der Waals surface area contributed by atoms with Gasteiger partial charge in [0.05, 0.1) is 19.3 Å². The van der Waals surface area contributed by atoms with E-state index in [9.17, 15) is 46.3 Å². The Kier molecular flexibility index (Phi) is 8.99. The van der Waals surface area contributed by atoms with Crippen LogP contribution in [0.5, 0.6) is 0 Å². The Bertz CT molecular complexity index is 1140. The Morgan fingerprint density at radius 1 is 1.32 bits per heavy atom. The number of carbonyl (C=O) groups excluding carboxylic acids is 2. The highest BCUT2D eigenvalue weighted by atomic mass is 31.2. The van der Waals surface area contributed by atoms with Crippen LogP contribution in [0.2, 0.25) is 0 Å². The summed E-state index contributed by atoms with van der Waals surface area (Å²) in [4.78, 5) is 59.2. The second kappa shape index (κ2) is 11.3. The summed E-state index contributed by atoms with van der Waals surface area (Å²) in [7, 11) is -4.98. The number of ether oxygens (including phenoxy) is 1. The van der Waals surface area contributed by atoms with Crippen LogP contribution in [0, 0.1) is 11.8 Å². The Morgan fingerprint density at radius 2 is 2.03 bits per heavy atom. The molecule has 1 saturated heterocycles. The molecule has 0 aromatic carbocycles. The monoisotopic (exact) mass is 517 g/mol. The molecule has 0 aliphatic carbocycles. The van der Waals surface area contributed by atoms with Crippen LogP contribution < -0.4 is 16.6 Å². The van der Waals surface area contributed by atoms with Crippen LogP contribution in [0.25, 0.3) is 0 Å². The lowest BCUT2D eigenvalue weighted by Gasteiger charge is -2.17. The van der Waals surface area contributed by atoms with Gasteiger partial charge in [-0.05, 0) is 12.8 Å². The fraction of sp³-hybridized carbons (Fsp3) is 0.500.